The number of anilines is 1. The molecule has 2 N–H and O–H groups in total. The van der Waals surface area contributed by atoms with Crippen molar-refractivity contribution in [1.29, 1.82) is 0 Å². The van der Waals surface area contributed by atoms with Crippen LogP contribution in [0.25, 0.3) is 0 Å². The summed E-state index contributed by atoms with van der Waals surface area (Å²) in [7, 11) is 0. The van der Waals surface area contributed by atoms with Gasteiger partial charge in [0.15, 0.2) is 0 Å². The largest absolute Gasteiger partial charge is 0.322 e. The van der Waals surface area contributed by atoms with Gasteiger partial charge < -0.3 is 5.32 Å². The fourth-order valence-electron chi connectivity index (χ4n) is 2.41. The summed E-state index contributed by atoms with van der Waals surface area (Å²) in [5, 5.41) is 17.2. The van der Waals surface area contributed by atoms with Crippen LogP contribution in [0.1, 0.15) is 26.3 Å². The molecule has 3 aromatic rings. The number of hydrogen-bond donors (Lipinski definition) is 2. The highest BCUT2D eigenvalue weighted by Crippen LogP contribution is 2.15. The van der Waals surface area contributed by atoms with Crippen molar-refractivity contribution in [3.63, 3.8) is 0 Å². The maximum Gasteiger partial charge on any atom is 0.271 e. The molecule has 0 spiro atoms. The summed E-state index contributed by atoms with van der Waals surface area (Å²) < 4.78 is 0. The highest BCUT2D eigenvalue weighted by atomic mass is 16.6. The van der Waals surface area contributed by atoms with Crippen LogP contribution in [0.5, 0.6) is 0 Å². The molecule has 0 radical (unpaired) electrons. The lowest BCUT2D eigenvalue weighted by atomic mass is 10.1. The summed E-state index contributed by atoms with van der Waals surface area (Å²) >= 11 is 0. The van der Waals surface area contributed by atoms with Crippen molar-refractivity contribution in [2.24, 2.45) is 5.10 Å². The minimum Gasteiger partial charge on any atom is -0.322 e. The highest BCUT2D eigenvalue weighted by Gasteiger charge is 2.10. The van der Waals surface area contributed by atoms with E-state index in [9.17, 15) is 19.7 Å². The molecule has 2 amide bonds. The number of carbonyl (C=O) groups is 2. The Labute approximate surface area is 166 Å². The Bertz CT molecular complexity index is 1050. The minimum absolute atomic E-state index is 0.0909. The van der Waals surface area contributed by atoms with Gasteiger partial charge in [-0.25, -0.2) is 5.43 Å². The Balaban J connectivity index is 1.57. The Morgan fingerprint density at radius 3 is 2.03 bits per heavy atom. The molecule has 0 heterocycles. The van der Waals surface area contributed by atoms with E-state index in [0.717, 1.165) is 5.56 Å². The predicted molar refractivity (Wildman–Crippen MR) is 109 cm³/mol. The highest BCUT2D eigenvalue weighted by molar-refractivity contribution is 6.04. The third-order valence-corrected chi connectivity index (χ3v) is 3.92. The fourth-order valence-corrected chi connectivity index (χ4v) is 2.41. The first-order valence-electron chi connectivity index (χ1n) is 8.57. The van der Waals surface area contributed by atoms with Crippen molar-refractivity contribution in [2.75, 3.05) is 5.32 Å². The molecule has 0 bridgehead atoms. The average molecular weight is 388 g/mol. The van der Waals surface area contributed by atoms with Crippen molar-refractivity contribution in [3.05, 3.63) is 106 Å². The van der Waals surface area contributed by atoms with Gasteiger partial charge in [0.1, 0.15) is 0 Å². The quantitative estimate of drug-likeness (QED) is 0.381. The topological polar surface area (TPSA) is 114 Å². The second-order valence-electron chi connectivity index (χ2n) is 5.95. The number of non-ortho nitro benzene ring substituents is 1. The second kappa shape index (κ2) is 9.05. The Kier molecular flexibility index (Phi) is 6.06. The number of rotatable bonds is 6. The van der Waals surface area contributed by atoms with E-state index in [0.29, 0.717) is 11.3 Å². The standard InChI is InChI=1S/C21H16N4O4/c26-20(16-8-12-19(13-9-16)25(28)29)23-18-10-6-17(7-11-18)21(27)24-22-14-15-4-2-1-3-5-15/h1-14H,(H,23,26)(H,24,27)/b22-14-. The lowest BCUT2D eigenvalue weighted by molar-refractivity contribution is -0.384. The first-order valence-corrected chi connectivity index (χ1v) is 8.57. The van der Waals surface area contributed by atoms with Gasteiger partial charge in [-0.1, -0.05) is 30.3 Å². The van der Waals surface area contributed by atoms with Crippen molar-refractivity contribution in [1.82, 2.24) is 5.43 Å². The van der Waals surface area contributed by atoms with Gasteiger partial charge in [0.2, 0.25) is 0 Å². The number of amides is 2. The lowest BCUT2D eigenvalue weighted by Crippen LogP contribution is -2.17. The van der Waals surface area contributed by atoms with Crippen LogP contribution in [0.4, 0.5) is 11.4 Å². The zero-order valence-corrected chi connectivity index (χ0v) is 15.1. The maximum atomic E-state index is 12.2. The molecule has 3 rings (SSSR count). The summed E-state index contributed by atoms with van der Waals surface area (Å²) in [6.45, 7) is 0. The molecule has 8 nitrogen and oxygen atoms in total. The minimum atomic E-state index is -0.532. The van der Waals surface area contributed by atoms with Crippen molar-refractivity contribution in [3.8, 4) is 0 Å². The van der Waals surface area contributed by atoms with Gasteiger partial charge in [-0.2, -0.15) is 5.10 Å². The number of nitro benzene ring substituents is 1. The molecule has 0 aromatic heterocycles. The van der Waals surface area contributed by atoms with Crippen LogP contribution in [0, 0.1) is 10.1 Å². The number of nitrogens with zero attached hydrogens (tertiary/aromatic N) is 2. The van der Waals surface area contributed by atoms with Gasteiger partial charge >= 0.3 is 0 Å². The zero-order valence-electron chi connectivity index (χ0n) is 15.1. The molecule has 0 aliphatic heterocycles. The Morgan fingerprint density at radius 2 is 1.41 bits per heavy atom. The summed E-state index contributed by atoms with van der Waals surface area (Å²) in [4.78, 5) is 34.4. The van der Waals surface area contributed by atoms with Gasteiger partial charge in [0.25, 0.3) is 17.5 Å². The molecular formula is C21H16N4O4. The van der Waals surface area contributed by atoms with E-state index in [-0.39, 0.29) is 17.2 Å². The van der Waals surface area contributed by atoms with E-state index in [1.54, 1.807) is 24.3 Å². The first-order chi connectivity index (χ1) is 14.0. The van der Waals surface area contributed by atoms with Gasteiger partial charge in [-0.3, -0.25) is 19.7 Å². The fraction of sp³-hybridized carbons (Fsp3) is 0. The Morgan fingerprint density at radius 1 is 0.828 bits per heavy atom. The summed E-state index contributed by atoms with van der Waals surface area (Å²) in [6, 6.07) is 20.9. The van der Waals surface area contributed by atoms with Crippen LogP contribution in [0.2, 0.25) is 0 Å². The third kappa shape index (κ3) is 5.33. The number of carbonyl (C=O) groups excluding carboxylic acids is 2. The molecule has 0 unspecified atom stereocenters. The van der Waals surface area contributed by atoms with Crippen molar-refractivity contribution < 1.29 is 14.5 Å². The van der Waals surface area contributed by atoms with Crippen molar-refractivity contribution in [2.45, 2.75) is 0 Å². The first kappa shape index (κ1) is 19.4. The summed E-state index contributed by atoms with van der Waals surface area (Å²) in [6.07, 6.45) is 1.54. The van der Waals surface area contributed by atoms with Gasteiger partial charge in [-0.15, -0.1) is 0 Å². The third-order valence-electron chi connectivity index (χ3n) is 3.92. The summed E-state index contributed by atoms with van der Waals surface area (Å²) in [5.41, 5.74) is 4.35. The molecule has 0 saturated carbocycles. The molecule has 0 aliphatic carbocycles. The SMILES string of the molecule is O=C(N/N=C\c1ccccc1)c1ccc(NC(=O)c2ccc([N+](=O)[O-])cc2)cc1. The molecule has 0 saturated heterocycles. The smallest absolute Gasteiger partial charge is 0.271 e. The van der Waals surface area contributed by atoms with E-state index < -0.39 is 10.8 Å². The van der Waals surface area contributed by atoms with Gasteiger partial charge in [0.05, 0.1) is 11.1 Å². The van der Waals surface area contributed by atoms with Crippen LogP contribution in [-0.2, 0) is 0 Å². The van der Waals surface area contributed by atoms with E-state index in [2.05, 4.69) is 15.8 Å². The average Bonchev–Trinajstić information content (AvgIpc) is 2.75. The molecule has 0 fully saturated rings. The number of hydrazone groups is 1. The van der Waals surface area contributed by atoms with E-state index in [1.807, 2.05) is 30.3 Å². The van der Waals surface area contributed by atoms with Crippen LogP contribution < -0.4 is 10.7 Å². The lowest BCUT2D eigenvalue weighted by Gasteiger charge is -2.06. The van der Waals surface area contributed by atoms with Crippen LogP contribution in [0.3, 0.4) is 0 Å². The predicted octanol–water partition coefficient (Wildman–Crippen LogP) is 3.61. The van der Waals surface area contributed by atoms with Crippen LogP contribution in [-0.4, -0.2) is 23.0 Å². The zero-order chi connectivity index (χ0) is 20.6. The molecule has 3 aromatic carbocycles. The normalized spacial score (nSPS) is 10.5. The molecule has 29 heavy (non-hydrogen) atoms. The van der Waals surface area contributed by atoms with E-state index in [1.165, 1.54) is 30.5 Å². The maximum absolute atomic E-state index is 12.2. The molecule has 8 heteroatoms. The van der Waals surface area contributed by atoms with E-state index >= 15 is 0 Å². The van der Waals surface area contributed by atoms with Crippen molar-refractivity contribution >= 4 is 29.4 Å². The number of nitrogens with one attached hydrogen (secondary N) is 2. The number of hydrogen-bond acceptors (Lipinski definition) is 5. The molecule has 0 aliphatic rings. The monoisotopic (exact) mass is 388 g/mol. The number of nitro groups is 1. The molecule has 0 atom stereocenters. The van der Waals surface area contributed by atoms with Gasteiger partial charge in [-0.05, 0) is 42.0 Å². The molecular weight excluding hydrogens is 372 g/mol. The number of benzene rings is 3. The Hall–Kier alpha value is -4.33. The summed E-state index contributed by atoms with van der Waals surface area (Å²) in [5.74, 6) is -0.796. The van der Waals surface area contributed by atoms with Crippen LogP contribution >= 0.6 is 0 Å². The second-order valence-corrected chi connectivity index (χ2v) is 5.95. The molecule has 144 valence electrons. The van der Waals surface area contributed by atoms with Gasteiger partial charge in [0, 0.05) is 28.9 Å². The van der Waals surface area contributed by atoms with E-state index in [4.69, 9.17) is 0 Å². The van der Waals surface area contributed by atoms with Crippen LogP contribution in [0.15, 0.2) is 84.0 Å².